The molecule has 1 saturated heterocycles. The lowest BCUT2D eigenvalue weighted by atomic mass is 10.1. The Kier molecular flexibility index (Phi) is 2.48. The van der Waals surface area contributed by atoms with Crippen LogP contribution in [0.3, 0.4) is 0 Å². The number of rotatable bonds is 2. The molecule has 2 rings (SSSR count). The summed E-state index contributed by atoms with van der Waals surface area (Å²) in [7, 11) is 0. The third kappa shape index (κ3) is 2.03. The first-order valence-corrected chi connectivity index (χ1v) is 4.83. The van der Waals surface area contributed by atoms with E-state index >= 15 is 0 Å². The topological polar surface area (TPSA) is 125 Å². The van der Waals surface area contributed by atoms with Crippen molar-refractivity contribution in [1.82, 2.24) is 9.55 Å². The van der Waals surface area contributed by atoms with Crippen LogP contribution in [0.5, 0.6) is 0 Å². The third-order valence-electron chi connectivity index (χ3n) is 2.50. The Hall–Kier alpha value is -1.48. The van der Waals surface area contributed by atoms with E-state index in [-0.39, 0.29) is 0 Å². The largest absolute Gasteiger partial charge is 0.394 e. The number of nitrogens with one attached hydrogen (secondary N) is 1. The van der Waals surface area contributed by atoms with Gasteiger partial charge in [-0.1, -0.05) is 0 Å². The molecule has 8 heteroatoms. The van der Waals surface area contributed by atoms with E-state index in [1.807, 2.05) is 0 Å². The zero-order chi connectivity index (χ0) is 14.3. The molecule has 0 saturated carbocycles. The van der Waals surface area contributed by atoms with Crippen molar-refractivity contribution in [2.45, 2.75) is 24.5 Å². The van der Waals surface area contributed by atoms with Crippen molar-refractivity contribution in [2.24, 2.45) is 0 Å². The summed E-state index contributed by atoms with van der Waals surface area (Å²) < 4.78 is 20.5. The predicted octanol–water partition coefficient (Wildman–Crippen LogP) is -2.85. The van der Waals surface area contributed by atoms with E-state index in [0.717, 1.165) is 0 Å². The number of nitrogens with zero attached hydrogens (tertiary/aromatic N) is 1. The van der Waals surface area contributed by atoms with Crippen molar-refractivity contribution in [3.63, 3.8) is 0 Å². The summed E-state index contributed by atoms with van der Waals surface area (Å²) in [6.45, 7) is -0.589. The molecule has 1 fully saturated rings. The molecule has 8 nitrogen and oxygen atoms in total. The van der Waals surface area contributed by atoms with Gasteiger partial charge in [0.15, 0.2) is 6.23 Å². The summed E-state index contributed by atoms with van der Waals surface area (Å²) in [5, 5.41) is 28.2. The molecule has 1 aliphatic rings. The highest BCUT2D eigenvalue weighted by molar-refractivity contribution is 4.92. The Morgan fingerprint density at radius 2 is 2.18 bits per heavy atom. The van der Waals surface area contributed by atoms with Gasteiger partial charge in [0.25, 0.3) is 5.56 Å². The minimum atomic E-state index is -1.57. The Morgan fingerprint density at radius 3 is 2.76 bits per heavy atom. The maximum atomic E-state index is 11.6. The fraction of sp³-hybridized carbons (Fsp3) is 0.556. The van der Waals surface area contributed by atoms with Crippen molar-refractivity contribution in [2.75, 3.05) is 6.61 Å². The maximum absolute atomic E-state index is 11.6. The minimum Gasteiger partial charge on any atom is -0.394 e. The summed E-state index contributed by atoms with van der Waals surface area (Å²) in [6.07, 6.45) is -6.32. The molecule has 1 aliphatic heterocycles. The van der Waals surface area contributed by atoms with Gasteiger partial charge in [0.1, 0.15) is 18.3 Å². The second-order valence-corrected chi connectivity index (χ2v) is 3.59. The van der Waals surface area contributed by atoms with Gasteiger partial charge in [-0.25, -0.2) is 4.79 Å². The molecule has 0 aliphatic carbocycles. The van der Waals surface area contributed by atoms with E-state index in [9.17, 15) is 19.8 Å². The highest BCUT2D eigenvalue weighted by atomic mass is 16.6. The first-order chi connectivity index (χ1) is 8.88. The molecule has 0 bridgehead atoms. The highest BCUT2D eigenvalue weighted by Gasteiger charge is 2.43. The van der Waals surface area contributed by atoms with Gasteiger partial charge in [0.2, 0.25) is 0 Å². The SMILES string of the molecule is [3H]c1c([3H])n([C@@H]2O[C@H](CO)[C@@H](O)[C@H]2O)c(=O)[nH]c1=O. The minimum absolute atomic E-state index is 0.549. The van der Waals surface area contributed by atoms with Crippen molar-refractivity contribution in [3.05, 3.63) is 33.1 Å². The average Bonchev–Trinajstić information content (AvgIpc) is 2.64. The van der Waals surface area contributed by atoms with Gasteiger partial charge in [-0.2, -0.15) is 0 Å². The molecule has 17 heavy (non-hydrogen) atoms. The predicted molar refractivity (Wildman–Crippen MR) is 54.3 cm³/mol. The van der Waals surface area contributed by atoms with Crippen LogP contribution in [0.15, 0.2) is 21.8 Å². The molecule has 0 aromatic carbocycles. The van der Waals surface area contributed by atoms with E-state index in [0.29, 0.717) is 4.57 Å². The number of ether oxygens (including phenoxy) is 1. The molecule has 4 atom stereocenters. The number of hydrogen-bond acceptors (Lipinski definition) is 6. The first-order valence-electron chi connectivity index (χ1n) is 5.83. The normalized spacial score (nSPS) is 34.5. The Bertz CT molecular complexity index is 599. The molecule has 94 valence electrons. The van der Waals surface area contributed by atoms with Gasteiger partial charge in [-0.3, -0.25) is 14.3 Å². The average molecular weight is 248 g/mol. The van der Waals surface area contributed by atoms with Gasteiger partial charge in [0, 0.05) is 12.2 Å². The molecule has 0 amide bonds. The van der Waals surface area contributed by atoms with Crippen molar-refractivity contribution >= 4 is 0 Å². The summed E-state index contributed by atoms with van der Waals surface area (Å²) >= 11 is 0. The van der Waals surface area contributed by atoms with Gasteiger partial charge in [-0.15, -0.1) is 0 Å². The first kappa shape index (κ1) is 9.54. The van der Waals surface area contributed by atoms with Crippen LogP contribution in [0.25, 0.3) is 0 Å². The lowest BCUT2D eigenvalue weighted by Gasteiger charge is -2.16. The van der Waals surface area contributed by atoms with E-state index in [1.54, 1.807) is 4.98 Å². The maximum Gasteiger partial charge on any atom is 0.330 e. The molecule has 0 spiro atoms. The Balaban J connectivity index is 2.52. The Labute approximate surface area is 97.5 Å². The number of hydrogen-bond donors (Lipinski definition) is 4. The second kappa shape index (κ2) is 4.41. The van der Waals surface area contributed by atoms with Crippen molar-refractivity contribution in [1.29, 1.82) is 0 Å². The van der Waals surface area contributed by atoms with Gasteiger partial charge < -0.3 is 20.1 Å². The fourth-order valence-electron chi connectivity index (χ4n) is 1.62. The van der Waals surface area contributed by atoms with E-state index in [4.69, 9.17) is 12.6 Å². The van der Waals surface area contributed by atoms with Crippen molar-refractivity contribution in [3.8, 4) is 0 Å². The molecule has 1 aromatic heterocycles. The quantitative estimate of drug-likeness (QED) is 0.446. The molecular weight excluding hydrogens is 232 g/mol. The molecule has 0 radical (unpaired) electrons. The standard InChI is InChI=1S/C9H12N2O6/c12-3-4-6(14)7(15)8(17-4)11-2-1-5(13)10-9(11)16/h1-2,4,6-8,12,14-15H,3H2,(H,10,13,16)/t4-,6-,7-,8-/m1/s1/i1T,2T. The van der Waals surface area contributed by atoms with Crippen LogP contribution < -0.4 is 11.2 Å². The van der Waals surface area contributed by atoms with Gasteiger partial charge in [0.05, 0.1) is 9.35 Å². The number of aromatic nitrogens is 2. The molecule has 2 heterocycles. The van der Waals surface area contributed by atoms with Crippen LogP contribution in [0.2, 0.25) is 0 Å². The zero-order valence-electron chi connectivity index (χ0n) is 10.5. The third-order valence-corrected chi connectivity index (χ3v) is 2.50. The van der Waals surface area contributed by atoms with Crippen LogP contribution >= 0.6 is 0 Å². The smallest absolute Gasteiger partial charge is 0.330 e. The summed E-state index contributed by atoms with van der Waals surface area (Å²) in [6, 6.07) is -0.766. The second-order valence-electron chi connectivity index (χ2n) is 3.59. The van der Waals surface area contributed by atoms with E-state index in [2.05, 4.69) is 0 Å². The number of aliphatic hydroxyl groups excluding tert-OH is 3. The highest BCUT2D eigenvalue weighted by Crippen LogP contribution is 2.27. The van der Waals surface area contributed by atoms with Gasteiger partial charge >= 0.3 is 5.69 Å². The molecule has 1 aromatic rings. The molecule has 4 N–H and O–H groups in total. The van der Waals surface area contributed by atoms with Crippen LogP contribution in [0, 0.1) is 0 Å². The molecule has 0 unspecified atom stereocenters. The van der Waals surface area contributed by atoms with Crippen LogP contribution in [0.1, 0.15) is 8.97 Å². The van der Waals surface area contributed by atoms with Gasteiger partial charge in [-0.05, 0) is 0 Å². The Morgan fingerprint density at radius 1 is 1.47 bits per heavy atom. The monoisotopic (exact) mass is 248 g/mol. The lowest BCUT2D eigenvalue weighted by molar-refractivity contribution is -0.0550. The number of H-pyrrole nitrogens is 1. The van der Waals surface area contributed by atoms with Crippen LogP contribution in [-0.2, 0) is 4.74 Å². The van der Waals surface area contributed by atoms with Crippen LogP contribution in [0.4, 0.5) is 0 Å². The lowest BCUT2D eigenvalue weighted by Crippen LogP contribution is -2.37. The zero-order valence-corrected chi connectivity index (χ0v) is 8.53. The fourth-order valence-corrected chi connectivity index (χ4v) is 1.62. The number of aliphatic hydroxyl groups is 3. The van der Waals surface area contributed by atoms with E-state index < -0.39 is 54.6 Å². The molecular formula is C9H12N2O6. The van der Waals surface area contributed by atoms with Crippen molar-refractivity contribution < 1.29 is 22.8 Å². The summed E-state index contributed by atoms with van der Waals surface area (Å²) in [5.41, 5.74) is -2.07. The number of aromatic amines is 1. The van der Waals surface area contributed by atoms with E-state index in [1.165, 1.54) is 0 Å². The summed E-state index contributed by atoms with van der Waals surface area (Å²) in [5.74, 6) is 0. The summed E-state index contributed by atoms with van der Waals surface area (Å²) in [4.78, 5) is 24.5. The van der Waals surface area contributed by atoms with Crippen LogP contribution in [-0.4, -0.2) is 49.8 Å².